The Hall–Kier alpha value is -1.42. The molecule has 1 aromatic carbocycles. The lowest BCUT2D eigenvalue weighted by molar-refractivity contribution is 0.0297. The number of aromatic hydroxyl groups is 1. The van der Waals surface area contributed by atoms with Gasteiger partial charge in [-0.15, -0.1) is 0 Å². The molecule has 1 atom stereocenters. The zero-order chi connectivity index (χ0) is 11.9. The van der Waals surface area contributed by atoms with E-state index in [-0.39, 0.29) is 17.4 Å². The quantitative estimate of drug-likeness (QED) is 0.767. The molecule has 0 saturated heterocycles. The van der Waals surface area contributed by atoms with Crippen LogP contribution in [0, 0.1) is 0 Å². The molecule has 1 aliphatic rings. The molecule has 0 radical (unpaired) electrons. The van der Waals surface area contributed by atoms with Gasteiger partial charge in [-0.1, -0.05) is 11.6 Å². The number of methoxy groups -OCH3 is 1. The van der Waals surface area contributed by atoms with Crippen LogP contribution in [-0.4, -0.2) is 24.3 Å². The number of hydrogen-bond donors (Lipinski definition) is 1. The summed E-state index contributed by atoms with van der Waals surface area (Å²) in [5.74, 6) is -0.344. The molecule has 0 aromatic heterocycles. The number of benzene rings is 1. The molecule has 0 unspecified atom stereocenters. The van der Waals surface area contributed by atoms with Gasteiger partial charge < -0.3 is 14.6 Å². The molecule has 0 saturated carbocycles. The van der Waals surface area contributed by atoms with Gasteiger partial charge in [-0.25, -0.2) is 4.79 Å². The first-order valence-electron chi connectivity index (χ1n) is 4.84. The van der Waals surface area contributed by atoms with E-state index in [1.165, 1.54) is 13.2 Å². The van der Waals surface area contributed by atoms with Gasteiger partial charge in [0.2, 0.25) is 0 Å². The maximum Gasteiger partial charge on any atom is 0.342 e. The molecule has 1 N–H and O–H groups in total. The van der Waals surface area contributed by atoms with Crippen molar-refractivity contribution in [2.24, 2.45) is 0 Å². The number of phenols is 1. The van der Waals surface area contributed by atoms with Gasteiger partial charge in [0.25, 0.3) is 0 Å². The molecule has 0 amide bonds. The predicted molar refractivity (Wildman–Crippen MR) is 58.3 cm³/mol. The summed E-state index contributed by atoms with van der Waals surface area (Å²) in [4.78, 5) is 11.6. The van der Waals surface area contributed by atoms with Crippen molar-refractivity contribution in [2.75, 3.05) is 7.11 Å². The number of halogens is 1. The van der Waals surface area contributed by atoms with E-state index < -0.39 is 5.97 Å². The molecule has 4 nitrogen and oxygen atoms in total. The maximum atomic E-state index is 11.6. The molecule has 2 rings (SSSR count). The Kier molecular flexibility index (Phi) is 2.68. The van der Waals surface area contributed by atoms with Crippen LogP contribution in [0.25, 0.3) is 0 Å². The molecule has 0 fully saturated rings. The molecule has 1 heterocycles. The van der Waals surface area contributed by atoms with Crippen LogP contribution in [0.1, 0.15) is 22.8 Å². The van der Waals surface area contributed by atoms with Gasteiger partial charge >= 0.3 is 5.97 Å². The number of hydrogen-bond acceptors (Lipinski definition) is 4. The number of carbonyl (C=O) groups excluding carboxylic acids is 1. The number of rotatable bonds is 1. The van der Waals surface area contributed by atoms with Crippen LogP contribution < -0.4 is 4.74 Å². The SMILES string of the molecule is COc1cc(O)c2c(c1Cl)C[C@@H](C)OC2=O. The zero-order valence-corrected chi connectivity index (χ0v) is 9.67. The van der Waals surface area contributed by atoms with Crippen LogP contribution in [0.5, 0.6) is 11.5 Å². The topological polar surface area (TPSA) is 55.8 Å². The zero-order valence-electron chi connectivity index (χ0n) is 8.91. The number of carbonyl (C=O) groups is 1. The molecule has 1 aromatic rings. The van der Waals surface area contributed by atoms with Crippen LogP contribution in [-0.2, 0) is 11.2 Å². The Balaban J connectivity index is 2.66. The highest BCUT2D eigenvalue weighted by molar-refractivity contribution is 6.33. The molecule has 5 heteroatoms. The van der Waals surface area contributed by atoms with E-state index in [2.05, 4.69) is 0 Å². The highest BCUT2D eigenvalue weighted by atomic mass is 35.5. The van der Waals surface area contributed by atoms with Gasteiger partial charge in [-0.2, -0.15) is 0 Å². The minimum atomic E-state index is -0.546. The average molecular weight is 243 g/mol. The fourth-order valence-electron chi connectivity index (χ4n) is 1.81. The molecular weight excluding hydrogens is 232 g/mol. The third-order valence-corrected chi connectivity index (χ3v) is 2.95. The smallest absolute Gasteiger partial charge is 0.342 e. The summed E-state index contributed by atoms with van der Waals surface area (Å²) in [7, 11) is 1.46. The van der Waals surface area contributed by atoms with Crippen LogP contribution >= 0.6 is 11.6 Å². The molecule has 86 valence electrons. The van der Waals surface area contributed by atoms with E-state index in [1.807, 2.05) is 0 Å². The number of fused-ring (bicyclic) bond motifs is 1. The van der Waals surface area contributed by atoms with E-state index in [0.29, 0.717) is 22.8 Å². The van der Waals surface area contributed by atoms with Gasteiger partial charge in [0.15, 0.2) is 0 Å². The highest BCUT2D eigenvalue weighted by Crippen LogP contribution is 2.39. The minimum Gasteiger partial charge on any atom is -0.507 e. The van der Waals surface area contributed by atoms with Crippen LogP contribution in [0.3, 0.4) is 0 Å². The van der Waals surface area contributed by atoms with Crippen molar-refractivity contribution in [3.63, 3.8) is 0 Å². The third kappa shape index (κ3) is 1.59. The lowest BCUT2D eigenvalue weighted by Gasteiger charge is -2.24. The van der Waals surface area contributed by atoms with Crippen molar-refractivity contribution in [3.8, 4) is 11.5 Å². The summed E-state index contributed by atoms with van der Waals surface area (Å²) in [5, 5.41) is 10.1. The largest absolute Gasteiger partial charge is 0.507 e. The van der Waals surface area contributed by atoms with Crippen molar-refractivity contribution in [1.29, 1.82) is 0 Å². The molecule has 0 aliphatic carbocycles. The lowest BCUT2D eigenvalue weighted by Crippen LogP contribution is -2.25. The summed E-state index contributed by atoms with van der Waals surface area (Å²) in [5.41, 5.74) is 0.728. The fraction of sp³-hybridized carbons (Fsp3) is 0.364. The van der Waals surface area contributed by atoms with Crippen molar-refractivity contribution < 1.29 is 19.4 Å². The number of ether oxygens (including phenoxy) is 2. The summed E-state index contributed by atoms with van der Waals surface area (Å²) in [6.07, 6.45) is 0.231. The van der Waals surface area contributed by atoms with Crippen molar-refractivity contribution in [1.82, 2.24) is 0 Å². The number of phenolic OH excluding ortho intramolecular Hbond substituents is 1. The van der Waals surface area contributed by atoms with Gasteiger partial charge in [0, 0.05) is 12.5 Å². The Bertz CT molecular complexity index is 456. The average Bonchev–Trinajstić information content (AvgIpc) is 2.22. The van der Waals surface area contributed by atoms with Gasteiger partial charge in [-0.3, -0.25) is 0 Å². The highest BCUT2D eigenvalue weighted by Gasteiger charge is 2.30. The molecule has 1 aliphatic heterocycles. The monoisotopic (exact) mass is 242 g/mol. The second-order valence-corrected chi connectivity index (χ2v) is 4.06. The van der Waals surface area contributed by atoms with E-state index in [1.54, 1.807) is 6.92 Å². The Morgan fingerprint density at radius 3 is 2.94 bits per heavy atom. The van der Waals surface area contributed by atoms with Crippen molar-refractivity contribution >= 4 is 17.6 Å². The summed E-state index contributed by atoms with van der Waals surface area (Å²) in [6.45, 7) is 1.77. The first-order chi connectivity index (χ1) is 7.54. The minimum absolute atomic E-state index is 0.143. The molecular formula is C11H11ClO4. The second-order valence-electron chi connectivity index (χ2n) is 3.69. The normalized spacial score (nSPS) is 18.9. The lowest BCUT2D eigenvalue weighted by atomic mass is 9.98. The number of cyclic esters (lactones) is 1. The van der Waals surface area contributed by atoms with Crippen LogP contribution in [0.15, 0.2) is 6.07 Å². The number of esters is 1. The summed E-state index contributed by atoms with van der Waals surface area (Å²) in [6, 6.07) is 1.32. The third-order valence-electron chi connectivity index (χ3n) is 2.53. The van der Waals surface area contributed by atoms with Crippen LogP contribution in [0.2, 0.25) is 5.02 Å². The first kappa shape index (κ1) is 11.1. The Labute approximate surface area is 97.7 Å². The Morgan fingerprint density at radius 2 is 2.31 bits per heavy atom. The van der Waals surface area contributed by atoms with E-state index in [0.717, 1.165) is 0 Å². The molecule has 0 bridgehead atoms. The van der Waals surface area contributed by atoms with Crippen LogP contribution in [0.4, 0.5) is 0 Å². The van der Waals surface area contributed by atoms with E-state index in [4.69, 9.17) is 21.1 Å². The maximum absolute atomic E-state index is 11.6. The molecule has 0 spiro atoms. The summed E-state index contributed by atoms with van der Waals surface area (Å²) < 4.78 is 10.0. The fourth-order valence-corrected chi connectivity index (χ4v) is 2.11. The first-order valence-corrected chi connectivity index (χ1v) is 5.21. The summed E-state index contributed by atoms with van der Waals surface area (Å²) >= 11 is 6.09. The van der Waals surface area contributed by atoms with Crippen molar-refractivity contribution in [2.45, 2.75) is 19.4 Å². The van der Waals surface area contributed by atoms with Gasteiger partial charge in [0.05, 0.1) is 12.1 Å². The van der Waals surface area contributed by atoms with Gasteiger partial charge in [-0.05, 0) is 12.5 Å². The molecule has 16 heavy (non-hydrogen) atoms. The predicted octanol–water partition coefficient (Wildman–Crippen LogP) is 2.16. The van der Waals surface area contributed by atoms with E-state index in [9.17, 15) is 9.90 Å². The van der Waals surface area contributed by atoms with Crippen molar-refractivity contribution in [3.05, 3.63) is 22.2 Å². The van der Waals surface area contributed by atoms with E-state index >= 15 is 0 Å². The second kappa shape index (κ2) is 3.87. The Morgan fingerprint density at radius 1 is 1.62 bits per heavy atom. The standard InChI is InChI=1S/C11H11ClO4/c1-5-3-6-9(11(14)16-5)7(13)4-8(15-2)10(6)12/h4-5,13H,3H2,1-2H3/t5-/m1/s1. The van der Waals surface area contributed by atoms with Gasteiger partial charge in [0.1, 0.15) is 23.2 Å².